The van der Waals surface area contributed by atoms with Crippen LogP contribution in [-0.2, 0) is 6.18 Å². The fourth-order valence-corrected chi connectivity index (χ4v) is 2.75. The summed E-state index contributed by atoms with van der Waals surface area (Å²) in [6.07, 6.45) is -0.430. The van der Waals surface area contributed by atoms with Crippen molar-refractivity contribution in [2.45, 2.75) is 13.1 Å². The molecule has 0 saturated carbocycles. The van der Waals surface area contributed by atoms with Crippen LogP contribution >= 0.6 is 0 Å². The van der Waals surface area contributed by atoms with Crippen molar-refractivity contribution in [3.05, 3.63) is 66.1 Å². The fourth-order valence-electron chi connectivity index (χ4n) is 2.75. The first-order valence-electron chi connectivity index (χ1n) is 8.08. The van der Waals surface area contributed by atoms with Crippen LogP contribution in [0.4, 0.5) is 29.1 Å². The molecule has 10 heteroatoms. The van der Waals surface area contributed by atoms with E-state index in [1.165, 1.54) is 30.6 Å². The second-order valence-corrected chi connectivity index (χ2v) is 5.95. The van der Waals surface area contributed by atoms with E-state index in [1.807, 2.05) is 0 Å². The lowest BCUT2D eigenvalue weighted by Crippen LogP contribution is -2.05. The summed E-state index contributed by atoms with van der Waals surface area (Å²) >= 11 is 0. The zero-order valence-electron chi connectivity index (χ0n) is 14.4. The van der Waals surface area contributed by atoms with Crippen molar-refractivity contribution in [3.63, 3.8) is 0 Å². The first-order valence-corrected chi connectivity index (χ1v) is 8.08. The van der Waals surface area contributed by atoms with Gasteiger partial charge in [-0.25, -0.2) is 19.3 Å². The summed E-state index contributed by atoms with van der Waals surface area (Å²) in [4.78, 5) is 16.7. The van der Waals surface area contributed by atoms with Crippen LogP contribution in [0.2, 0.25) is 0 Å². The van der Waals surface area contributed by atoms with Crippen molar-refractivity contribution in [3.8, 4) is 5.82 Å². The number of aryl methyl sites for hydroxylation is 1. The van der Waals surface area contributed by atoms with E-state index in [9.17, 15) is 17.6 Å². The number of benzene rings is 1. The standard InChI is InChI=1S/C18H12F4N6/c1-10-25-17-14(6-12(19)7-24-17)28(10)16-9-23-8-15(27-16)26-13-4-2-11(3-5-13)18(20,21)22/h2-9H,1H3,(H,26,27). The quantitative estimate of drug-likeness (QED) is 0.526. The maximum absolute atomic E-state index is 13.6. The number of nitrogens with zero attached hydrogens (tertiary/aromatic N) is 5. The number of fused-ring (bicyclic) bond motifs is 1. The molecule has 3 aromatic heterocycles. The van der Waals surface area contributed by atoms with Gasteiger partial charge in [-0.05, 0) is 31.2 Å². The number of imidazole rings is 1. The summed E-state index contributed by atoms with van der Waals surface area (Å²) in [5, 5.41) is 2.90. The van der Waals surface area contributed by atoms with Crippen molar-refractivity contribution < 1.29 is 17.6 Å². The van der Waals surface area contributed by atoms with Gasteiger partial charge in [0.15, 0.2) is 17.3 Å². The lowest BCUT2D eigenvalue weighted by Gasteiger charge is -2.10. The molecule has 28 heavy (non-hydrogen) atoms. The highest BCUT2D eigenvalue weighted by molar-refractivity contribution is 5.73. The maximum Gasteiger partial charge on any atom is 0.416 e. The second kappa shape index (κ2) is 6.55. The molecular weight excluding hydrogens is 376 g/mol. The van der Waals surface area contributed by atoms with Crippen molar-refractivity contribution in [1.82, 2.24) is 24.5 Å². The molecule has 0 bridgehead atoms. The molecule has 0 amide bonds. The minimum Gasteiger partial charge on any atom is -0.339 e. The molecule has 142 valence electrons. The molecule has 6 nitrogen and oxygen atoms in total. The third-order valence-electron chi connectivity index (χ3n) is 3.98. The SMILES string of the molecule is Cc1nc2ncc(F)cc2n1-c1cncc(Nc2ccc(C(F)(F)F)cc2)n1. The second-order valence-electron chi connectivity index (χ2n) is 5.95. The number of rotatable bonds is 3. The van der Waals surface area contributed by atoms with E-state index < -0.39 is 17.6 Å². The Kier molecular flexibility index (Phi) is 4.17. The Labute approximate surface area is 155 Å². The van der Waals surface area contributed by atoms with Gasteiger partial charge in [0.2, 0.25) is 0 Å². The number of alkyl halides is 3. The minimum absolute atomic E-state index is 0.308. The number of anilines is 2. The maximum atomic E-state index is 13.6. The van der Waals surface area contributed by atoms with E-state index in [1.54, 1.807) is 11.5 Å². The molecule has 4 rings (SSSR count). The van der Waals surface area contributed by atoms with Crippen LogP contribution in [0.1, 0.15) is 11.4 Å². The topological polar surface area (TPSA) is 68.5 Å². The number of halogens is 4. The lowest BCUT2D eigenvalue weighted by molar-refractivity contribution is -0.137. The van der Waals surface area contributed by atoms with Gasteiger partial charge in [-0.2, -0.15) is 13.2 Å². The van der Waals surface area contributed by atoms with Crippen molar-refractivity contribution in [2.75, 3.05) is 5.32 Å². The molecule has 0 radical (unpaired) electrons. The average molecular weight is 388 g/mol. The number of aromatic nitrogens is 5. The van der Waals surface area contributed by atoms with Gasteiger partial charge in [-0.3, -0.25) is 9.55 Å². The Balaban J connectivity index is 1.67. The van der Waals surface area contributed by atoms with Gasteiger partial charge in [0.25, 0.3) is 0 Å². The molecule has 0 aliphatic rings. The van der Waals surface area contributed by atoms with E-state index in [-0.39, 0.29) is 0 Å². The van der Waals surface area contributed by atoms with E-state index in [0.717, 1.165) is 18.3 Å². The highest BCUT2D eigenvalue weighted by Crippen LogP contribution is 2.30. The Bertz CT molecular complexity index is 1150. The highest BCUT2D eigenvalue weighted by atomic mass is 19.4. The predicted molar refractivity (Wildman–Crippen MR) is 93.9 cm³/mol. The molecule has 4 aromatic rings. The first kappa shape index (κ1) is 17.8. The summed E-state index contributed by atoms with van der Waals surface area (Å²) in [6.45, 7) is 1.72. The number of hydrogen-bond acceptors (Lipinski definition) is 5. The molecule has 0 aliphatic carbocycles. The Hall–Kier alpha value is -3.56. The van der Waals surface area contributed by atoms with E-state index >= 15 is 0 Å². The summed E-state index contributed by atoms with van der Waals surface area (Å²) in [7, 11) is 0. The van der Waals surface area contributed by atoms with E-state index in [4.69, 9.17) is 0 Å². The molecule has 0 aliphatic heterocycles. The zero-order valence-corrected chi connectivity index (χ0v) is 14.4. The Morgan fingerprint density at radius 3 is 2.46 bits per heavy atom. The van der Waals surface area contributed by atoms with Gasteiger partial charge in [0.1, 0.15) is 11.6 Å². The van der Waals surface area contributed by atoms with Gasteiger partial charge < -0.3 is 5.32 Å². The van der Waals surface area contributed by atoms with Gasteiger partial charge in [0, 0.05) is 11.8 Å². The molecule has 0 spiro atoms. The largest absolute Gasteiger partial charge is 0.416 e. The molecule has 1 aromatic carbocycles. The van der Waals surface area contributed by atoms with E-state index in [0.29, 0.717) is 34.3 Å². The third-order valence-corrected chi connectivity index (χ3v) is 3.98. The summed E-state index contributed by atoms with van der Waals surface area (Å²) in [5.74, 6) is 0.696. The molecular formula is C18H12F4N6. The molecule has 3 heterocycles. The fraction of sp³-hybridized carbons (Fsp3) is 0.111. The van der Waals surface area contributed by atoms with Crippen molar-refractivity contribution in [2.24, 2.45) is 0 Å². The smallest absolute Gasteiger partial charge is 0.339 e. The monoisotopic (exact) mass is 388 g/mol. The number of nitrogens with one attached hydrogen (secondary N) is 1. The number of pyridine rings is 1. The molecule has 0 atom stereocenters. The molecule has 0 unspecified atom stereocenters. The van der Waals surface area contributed by atoms with Crippen LogP contribution in [-0.4, -0.2) is 24.5 Å². The van der Waals surface area contributed by atoms with Crippen LogP contribution in [0.3, 0.4) is 0 Å². The lowest BCUT2D eigenvalue weighted by atomic mass is 10.2. The van der Waals surface area contributed by atoms with Gasteiger partial charge >= 0.3 is 6.18 Å². The van der Waals surface area contributed by atoms with Crippen LogP contribution in [0.5, 0.6) is 0 Å². The molecule has 0 fully saturated rings. The van der Waals surface area contributed by atoms with E-state index in [2.05, 4.69) is 25.3 Å². The Morgan fingerprint density at radius 2 is 1.75 bits per heavy atom. The van der Waals surface area contributed by atoms with Crippen LogP contribution in [0, 0.1) is 12.7 Å². The molecule has 0 saturated heterocycles. The Morgan fingerprint density at radius 1 is 1.00 bits per heavy atom. The zero-order chi connectivity index (χ0) is 19.9. The summed E-state index contributed by atoms with van der Waals surface area (Å²) in [5.41, 5.74) is 0.465. The van der Waals surface area contributed by atoms with Crippen LogP contribution in [0.15, 0.2) is 48.9 Å². The molecule has 1 N–H and O–H groups in total. The number of hydrogen-bond donors (Lipinski definition) is 1. The van der Waals surface area contributed by atoms with Gasteiger partial charge in [-0.1, -0.05) is 0 Å². The van der Waals surface area contributed by atoms with Crippen LogP contribution in [0.25, 0.3) is 17.0 Å². The van der Waals surface area contributed by atoms with Crippen molar-refractivity contribution >= 4 is 22.7 Å². The van der Waals surface area contributed by atoms with Gasteiger partial charge in [0.05, 0.1) is 29.7 Å². The van der Waals surface area contributed by atoms with Gasteiger partial charge in [-0.15, -0.1) is 0 Å². The predicted octanol–water partition coefficient (Wildman–Crippen LogP) is 4.42. The third kappa shape index (κ3) is 3.36. The first-order chi connectivity index (χ1) is 13.3. The summed E-state index contributed by atoms with van der Waals surface area (Å²) in [6, 6.07) is 5.84. The van der Waals surface area contributed by atoms with Crippen LogP contribution < -0.4 is 5.32 Å². The average Bonchev–Trinajstić information content (AvgIpc) is 2.96. The minimum atomic E-state index is -4.40. The normalized spacial score (nSPS) is 11.8. The highest BCUT2D eigenvalue weighted by Gasteiger charge is 2.29. The summed E-state index contributed by atoms with van der Waals surface area (Å²) < 4.78 is 53.2. The van der Waals surface area contributed by atoms with Crippen molar-refractivity contribution in [1.29, 1.82) is 0 Å².